The number of H-pyrrole nitrogens is 1. The van der Waals surface area contributed by atoms with Crippen LogP contribution in [0.2, 0.25) is 0 Å². The summed E-state index contributed by atoms with van der Waals surface area (Å²) in [5.41, 5.74) is 4.56. The maximum atomic E-state index is 12.7. The van der Waals surface area contributed by atoms with Crippen LogP contribution in [0, 0.1) is 5.92 Å². The van der Waals surface area contributed by atoms with Gasteiger partial charge in [-0.25, -0.2) is 4.98 Å². The van der Waals surface area contributed by atoms with Crippen molar-refractivity contribution < 1.29 is 9.59 Å². The average Bonchev–Trinajstić information content (AvgIpc) is 3.24. The second-order valence-electron chi connectivity index (χ2n) is 7.59. The fraction of sp³-hybridized carbons (Fsp3) is 0.192. The number of anilines is 1. The van der Waals surface area contributed by atoms with Gasteiger partial charge in [-0.05, 0) is 55.3 Å². The average molecular weight is 412 g/mol. The Morgan fingerprint density at radius 1 is 0.903 bits per heavy atom. The number of nitrogens with zero attached hydrogens (tertiary/aromatic N) is 1. The zero-order chi connectivity index (χ0) is 21.8. The van der Waals surface area contributed by atoms with E-state index in [9.17, 15) is 9.59 Å². The van der Waals surface area contributed by atoms with Crippen LogP contribution in [0.5, 0.6) is 0 Å². The van der Waals surface area contributed by atoms with E-state index in [0.717, 1.165) is 41.0 Å². The lowest BCUT2D eigenvalue weighted by Crippen LogP contribution is -2.21. The fourth-order valence-corrected chi connectivity index (χ4v) is 3.66. The first-order valence-electron chi connectivity index (χ1n) is 10.6. The number of imidazole rings is 1. The molecule has 3 aromatic carbocycles. The minimum atomic E-state index is -0.0174. The highest BCUT2D eigenvalue weighted by atomic mass is 16.2. The predicted molar refractivity (Wildman–Crippen MR) is 124 cm³/mol. The monoisotopic (exact) mass is 411 g/mol. The summed E-state index contributed by atoms with van der Waals surface area (Å²) in [5, 5.41) is 2.98. The van der Waals surface area contributed by atoms with Crippen molar-refractivity contribution in [3.05, 3.63) is 83.9 Å². The summed E-state index contributed by atoms with van der Waals surface area (Å²) in [6.07, 6.45) is 1.66. The zero-order valence-corrected chi connectivity index (χ0v) is 17.7. The van der Waals surface area contributed by atoms with Crippen molar-refractivity contribution in [3.8, 4) is 11.4 Å². The smallest absolute Gasteiger partial charge is 0.227 e. The standard InChI is InChI=1S/C26H25N3O2/c1-3-17(4-2)26(31)27-21-13-10-19(11-14-21)25-28-22-15-12-20(16-23(22)29-25)24(30)18-8-6-5-7-9-18/h5-17H,3-4H2,1-2H3,(H,27,31)(H,28,29). The van der Waals surface area contributed by atoms with E-state index >= 15 is 0 Å². The summed E-state index contributed by atoms with van der Waals surface area (Å²) in [5.74, 6) is 0.785. The van der Waals surface area contributed by atoms with Crippen LogP contribution >= 0.6 is 0 Å². The van der Waals surface area contributed by atoms with Crippen LogP contribution in [0.3, 0.4) is 0 Å². The molecule has 0 fully saturated rings. The molecule has 1 aromatic heterocycles. The van der Waals surface area contributed by atoms with Crippen LogP contribution < -0.4 is 5.32 Å². The van der Waals surface area contributed by atoms with Gasteiger partial charge in [0.1, 0.15) is 5.82 Å². The molecule has 0 saturated heterocycles. The second kappa shape index (κ2) is 8.96. The van der Waals surface area contributed by atoms with E-state index in [1.807, 2.05) is 80.6 Å². The number of aromatic amines is 1. The topological polar surface area (TPSA) is 74.8 Å². The number of ketones is 1. The number of fused-ring (bicyclic) bond motifs is 1. The summed E-state index contributed by atoms with van der Waals surface area (Å²) < 4.78 is 0. The van der Waals surface area contributed by atoms with Crippen molar-refractivity contribution in [3.63, 3.8) is 0 Å². The van der Waals surface area contributed by atoms with Gasteiger partial charge in [-0.1, -0.05) is 44.2 Å². The molecule has 0 unspecified atom stereocenters. The highest BCUT2D eigenvalue weighted by Crippen LogP contribution is 2.24. The van der Waals surface area contributed by atoms with Crippen LogP contribution in [-0.4, -0.2) is 21.7 Å². The van der Waals surface area contributed by atoms with Gasteiger partial charge in [0, 0.05) is 28.3 Å². The van der Waals surface area contributed by atoms with Gasteiger partial charge in [0.25, 0.3) is 0 Å². The van der Waals surface area contributed by atoms with E-state index in [1.165, 1.54) is 0 Å². The van der Waals surface area contributed by atoms with Crippen molar-refractivity contribution in [1.82, 2.24) is 9.97 Å². The van der Waals surface area contributed by atoms with Crippen LogP contribution in [0.4, 0.5) is 5.69 Å². The number of hydrogen-bond donors (Lipinski definition) is 2. The number of nitrogens with one attached hydrogen (secondary N) is 2. The predicted octanol–water partition coefficient (Wildman–Crippen LogP) is 5.84. The molecule has 0 spiro atoms. The molecular weight excluding hydrogens is 386 g/mol. The van der Waals surface area contributed by atoms with Crippen LogP contribution in [0.25, 0.3) is 22.4 Å². The highest BCUT2D eigenvalue weighted by Gasteiger charge is 2.15. The van der Waals surface area contributed by atoms with Gasteiger partial charge in [0.15, 0.2) is 5.78 Å². The molecular formula is C26H25N3O2. The zero-order valence-electron chi connectivity index (χ0n) is 17.7. The van der Waals surface area contributed by atoms with Gasteiger partial charge >= 0.3 is 0 Å². The largest absolute Gasteiger partial charge is 0.338 e. The molecule has 4 rings (SSSR count). The Morgan fingerprint density at radius 2 is 1.61 bits per heavy atom. The summed E-state index contributed by atoms with van der Waals surface area (Å²) in [6, 6.07) is 22.4. The van der Waals surface area contributed by atoms with E-state index in [4.69, 9.17) is 0 Å². The van der Waals surface area contributed by atoms with Gasteiger partial charge < -0.3 is 10.3 Å². The molecule has 5 heteroatoms. The lowest BCUT2D eigenvalue weighted by Gasteiger charge is -2.12. The van der Waals surface area contributed by atoms with E-state index in [-0.39, 0.29) is 17.6 Å². The molecule has 0 atom stereocenters. The molecule has 4 aromatic rings. The lowest BCUT2D eigenvalue weighted by molar-refractivity contribution is -0.120. The van der Waals surface area contributed by atoms with Crippen molar-refractivity contribution in [2.75, 3.05) is 5.32 Å². The van der Waals surface area contributed by atoms with Crippen LogP contribution in [0.15, 0.2) is 72.8 Å². The lowest BCUT2D eigenvalue weighted by atomic mass is 10.0. The number of hydrogen-bond acceptors (Lipinski definition) is 3. The van der Waals surface area contributed by atoms with E-state index in [2.05, 4.69) is 15.3 Å². The summed E-state index contributed by atoms with van der Waals surface area (Å²) >= 11 is 0. The number of aromatic nitrogens is 2. The molecule has 5 nitrogen and oxygen atoms in total. The molecule has 0 bridgehead atoms. The van der Waals surface area contributed by atoms with E-state index in [0.29, 0.717) is 11.1 Å². The maximum Gasteiger partial charge on any atom is 0.227 e. The minimum absolute atomic E-state index is 0.0174. The first-order chi connectivity index (χ1) is 15.1. The summed E-state index contributed by atoms with van der Waals surface area (Å²) in [7, 11) is 0. The Bertz CT molecular complexity index is 1210. The SMILES string of the molecule is CCC(CC)C(=O)Nc1ccc(-c2nc3ccc(C(=O)c4ccccc4)cc3[nH]2)cc1. The molecule has 0 aliphatic carbocycles. The van der Waals surface area contributed by atoms with Gasteiger partial charge in [-0.3, -0.25) is 9.59 Å². The van der Waals surface area contributed by atoms with Crippen molar-refractivity contribution in [2.24, 2.45) is 5.92 Å². The van der Waals surface area contributed by atoms with E-state index in [1.54, 1.807) is 6.07 Å². The first kappa shape index (κ1) is 20.5. The normalized spacial score (nSPS) is 11.1. The van der Waals surface area contributed by atoms with Gasteiger partial charge in [0.2, 0.25) is 5.91 Å². The quantitative estimate of drug-likeness (QED) is 0.375. The molecule has 1 heterocycles. The second-order valence-corrected chi connectivity index (χ2v) is 7.59. The highest BCUT2D eigenvalue weighted by molar-refractivity contribution is 6.10. The van der Waals surface area contributed by atoms with Gasteiger partial charge in [-0.15, -0.1) is 0 Å². The minimum Gasteiger partial charge on any atom is -0.338 e. The third kappa shape index (κ3) is 4.40. The Kier molecular flexibility index (Phi) is 5.94. The van der Waals surface area contributed by atoms with Crippen molar-refractivity contribution in [1.29, 1.82) is 0 Å². The summed E-state index contributed by atoms with van der Waals surface area (Å²) in [6.45, 7) is 4.05. The number of rotatable bonds is 7. The molecule has 156 valence electrons. The molecule has 1 amide bonds. The third-order valence-electron chi connectivity index (χ3n) is 5.56. The number of carbonyl (C=O) groups excluding carboxylic acids is 2. The fourth-order valence-electron chi connectivity index (χ4n) is 3.66. The summed E-state index contributed by atoms with van der Waals surface area (Å²) in [4.78, 5) is 32.9. The molecule has 0 aliphatic rings. The Labute approximate surface area is 181 Å². The third-order valence-corrected chi connectivity index (χ3v) is 5.56. The molecule has 0 saturated carbocycles. The van der Waals surface area contributed by atoms with Gasteiger partial charge in [-0.2, -0.15) is 0 Å². The van der Waals surface area contributed by atoms with Crippen molar-refractivity contribution >= 4 is 28.4 Å². The Balaban J connectivity index is 1.55. The Morgan fingerprint density at radius 3 is 2.29 bits per heavy atom. The molecule has 31 heavy (non-hydrogen) atoms. The molecule has 0 aliphatic heterocycles. The van der Waals surface area contributed by atoms with Gasteiger partial charge in [0.05, 0.1) is 11.0 Å². The maximum absolute atomic E-state index is 12.7. The van der Waals surface area contributed by atoms with Crippen molar-refractivity contribution in [2.45, 2.75) is 26.7 Å². The number of amides is 1. The van der Waals surface area contributed by atoms with Crippen LogP contribution in [-0.2, 0) is 4.79 Å². The van der Waals surface area contributed by atoms with Crippen LogP contribution in [0.1, 0.15) is 42.6 Å². The molecule has 2 N–H and O–H groups in total. The van der Waals surface area contributed by atoms with E-state index < -0.39 is 0 Å². The Hall–Kier alpha value is -3.73. The molecule has 0 radical (unpaired) electrons. The number of carbonyl (C=O) groups is 2. The first-order valence-corrected chi connectivity index (χ1v) is 10.6. The number of benzene rings is 3.